The molecule has 0 saturated heterocycles. The van der Waals surface area contributed by atoms with Crippen LogP contribution >= 0.6 is 11.8 Å². The van der Waals surface area contributed by atoms with Crippen LogP contribution in [0.1, 0.15) is 39.5 Å². The third-order valence-electron chi connectivity index (χ3n) is 0.996. The van der Waals surface area contributed by atoms with Gasteiger partial charge in [-0.25, -0.2) is 0 Å². The van der Waals surface area contributed by atoms with Crippen LogP contribution in [0.3, 0.4) is 0 Å². The summed E-state index contributed by atoms with van der Waals surface area (Å²) < 4.78 is 0. The quantitative estimate of drug-likeness (QED) is 0.567. The minimum atomic E-state index is 0.989. The van der Waals surface area contributed by atoms with Crippen LogP contribution in [0.2, 0.25) is 0 Å². The van der Waals surface area contributed by atoms with Gasteiger partial charge in [-0.3, -0.25) is 0 Å². The Bertz CT molecular complexity index is 162. The van der Waals surface area contributed by atoms with Crippen LogP contribution in [0.25, 0.3) is 0 Å². The molecule has 0 nitrogen and oxygen atoms in total. The first-order chi connectivity index (χ1) is 5.41. The van der Waals surface area contributed by atoms with E-state index in [1.807, 2.05) is 0 Å². The van der Waals surface area contributed by atoms with Crippen molar-refractivity contribution in [3.05, 3.63) is 0 Å². The van der Waals surface area contributed by atoms with Crippen molar-refractivity contribution in [2.45, 2.75) is 39.5 Å². The highest BCUT2D eigenvalue weighted by Crippen LogP contribution is 1.94. The topological polar surface area (TPSA) is 0 Å². The zero-order chi connectivity index (χ0) is 8.36. The summed E-state index contributed by atoms with van der Waals surface area (Å²) >= 11 is 1.41. The Hall–Kier alpha value is -0.530. The fourth-order valence-corrected chi connectivity index (χ4v) is 0.849. The number of hydrogen-bond donors (Lipinski definition) is 0. The minimum absolute atomic E-state index is 0.989. The van der Waals surface area contributed by atoms with E-state index in [2.05, 4.69) is 36.2 Å². The first-order valence-corrected chi connectivity index (χ1v) is 4.85. The maximum atomic E-state index is 3.02. The molecule has 11 heavy (non-hydrogen) atoms. The van der Waals surface area contributed by atoms with Gasteiger partial charge < -0.3 is 0 Å². The van der Waals surface area contributed by atoms with E-state index in [1.54, 1.807) is 0 Å². The number of unbranched alkanes of at least 4 members (excludes halogenated alkanes) is 2. The van der Waals surface area contributed by atoms with Crippen molar-refractivity contribution in [3.63, 3.8) is 0 Å². The molecule has 0 fully saturated rings. The van der Waals surface area contributed by atoms with Crippen molar-refractivity contribution in [2.75, 3.05) is 0 Å². The van der Waals surface area contributed by atoms with E-state index in [0.717, 1.165) is 25.7 Å². The molecule has 0 heterocycles. The Morgan fingerprint density at radius 1 is 0.909 bits per heavy atom. The van der Waals surface area contributed by atoms with E-state index in [4.69, 9.17) is 0 Å². The van der Waals surface area contributed by atoms with E-state index in [-0.39, 0.29) is 0 Å². The molecule has 0 aliphatic rings. The fraction of sp³-hybridized carbons (Fsp3) is 0.600. The molecule has 0 bridgehead atoms. The molecular formula is C10H14S. The van der Waals surface area contributed by atoms with Gasteiger partial charge in [0.25, 0.3) is 0 Å². The summed E-state index contributed by atoms with van der Waals surface area (Å²) in [6, 6.07) is 0. The second kappa shape index (κ2) is 9.47. The molecule has 0 rings (SSSR count). The number of hydrogen-bond acceptors (Lipinski definition) is 1. The second-order valence-electron chi connectivity index (χ2n) is 2.16. The molecule has 0 amide bonds. The number of rotatable bonds is 2. The molecule has 0 aliphatic heterocycles. The van der Waals surface area contributed by atoms with Gasteiger partial charge in [-0.2, -0.15) is 0 Å². The van der Waals surface area contributed by atoms with E-state index in [1.165, 1.54) is 11.8 Å². The highest BCUT2D eigenvalue weighted by atomic mass is 32.2. The third-order valence-corrected chi connectivity index (χ3v) is 1.49. The van der Waals surface area contributed by atoms with Gasteiger partial charge in [0.05, 0.1) is 0 Å². The predicted molar refractivity (Wildman–Crippen MR) is 53.0 cm³/mol. The van der Waals surface area contributed by atoms with Crippen molar-refractivity contribution in [1.29, 1.82) is 0 Å². The van der Waals surface area contributed by atoms with Crippen molar-refractivity contribution in [1.82, 2.24) is 0 Å². The molecule has 0 aromatic carbocycles. The normalized spacial score (nSPS) is 7.45. The summed E-state index contributed by atoms with van der Waals surface area (Å²) in [6.07, 6.45) is 4.25. The van der Waals surface area contributed by atoms with Crippen molar-refractivity contribution in [3.8, 4) is 22.3 Å². The smallest absolute Gasteiger partial charge is 0.0134 e. The van der Waals surface area contributed by atoms with Gasteiger partial charge in [-0.05, 0) is 23.3 Å². The Morgan fingerprint density at radius 2 is 1.36 bits per heavy atom. The molecular weight excluding hydrogens is 152 g/mol. The van der Waals surface area contributed by atoms with Gasteiger partial charge in [-0.1, -0.05) is 25.7 Å². The molecule has 0 unspecified atom stereocenters. The molecule has 0 atom stereocenters. The zero-order valence-corrected chi connectivity index (χ0v) is 8.05. The Labute approximate surface area is 74.1 Å². The van der Waals surface area contributed by atoms with Crippen LogP contribution in [-0.4, -0.2) is 0 Å². The average Bonchev–Trinajstić information content (AvgIpc) is 2.03. The van der Waals surface area contributed by atoms with Crippen LogP contribution in [0.5, 0.6) is 0 Å². The maximum absolute atomic E-state index is 3.02. The predicted octanol–water partition coefficient (Wildman–Crippen LogP) is 3.24. The minimum Gasteiger partial charge on any atom is -0.0903 e. The van der Waals surface area contributed by atoms with E-state index in [0.29, 0.717) is 0 Å². The van der Waals surface area contributed by atoms with Gasteiger partial charge in [0.15, 0.2) is 0 Å². The first kappa shape index (κ1) is 10.5. The van der Waals surface area contributed by atoms with Crippen molar-refractivity contribution >= 4 is 11.8 Å². The third kappa shape index (κ3) is 9.47. The van der Waals surface area contributed by atoms with Gasteiger partial charge in [0, 0.05) is 24.6 Å². The standard InChI is InChI=1S/C10H14S/c1-3-5-7-9-11-10-8-6-4-2/h3-6H2,1-2H3. The van der Waals surface area contributed by atoms with Crippen LogP contribution in [0.4, 0.5) is 0 Å². The first-order valence-electron chi connectivity index (χ1n) is 4.03. The lowest BCUT2D eigenvalue weighted by Gasteiger charge is -1.76. The highest BCUT2D eigenvalue weighted by molar-refractivity contribution is 8.08. The molecule has 1 heteroatoms. The SMILES string of the molecule is CCCC#CSC#CCCC. The van der Waals surface area contributed by atoms with E-state index < -0.39 is 0 Å². The molecule has 0 aliphatic carbocycles. The van der Waals surface area contributed by atoms with Gasteiger partial charge in [-0.15, -0.1) is 0 Å². The number of thioether (sulfide) groups is 1. The summed E-state index contributed by atoms with van der Waals surface area (Å²) in [6.45, 7) is 4.25. The Kier molecular flexibility index (Phi) is 9.01. The summed E-state index contributed by atoms with van der Waals surface area (Å²) in [5, 5.41) is 5.88. The Balaban J connectivity index is 3.28. The maximum Gasteiger partial charge on any atom is 0.0134 e. The largest absolute Gasteiger partial charge is 0.0903 e. The van der Waals surface area contributed by atoms with Gasteiger partial charge in [0.2, 0.25) is 0 Å². The summed E-state index contributed by atoms with van der Waals surface area (Å²) in [4.78, 5) is 0. The average molecular weight is 166 g/mol. The molecule has 0 radical (unpaired) electrons. The fourth-order valence-electron chi connectivity index (χ4n) is 0.450. The van der Waals surface area contributed by atoms with Gasteiger partial charge >= 0.3 is 0 Å². The second-order valence-corrected chi connectivity index (χ2v) is 2.77. The van der Waals surface area contributed by atoms with Crippen LogP contribution < -0.4 is 0 Å². The monoisotopic (exact) mass is 166 g/mol. The summed E-state index contributed by atoms with van der Waals surface area (Å²) in [5.74, 6) is 6.04. The lowest BCUT2D eigenvalue weighted by Crippen LogP contribution is -1.60. The molecule has 0 N–H and O–H groups in total. The molecule has 0 saturated carbocycles. The van der Waals surface area contributed by atoms with Crippen LogP contribution in [0, 0.1) is 22.3 Å². The molecule has 60 valence electrons. The zero-order valence-electron chi connectivity index (χ0n) is 7.24. The lowest BCUT2D eigenvalue weighted by atomic mass is 10.4. The van der Waals surface area contributed by atoms with Crippen molar-refractivity contribution in [2.24, 2.45) is 0 Å². The molecule has 0 spiro atoms. The highest BCUT2D eigenvalue weighted by Gasteiger charge is 1.71. The van der Waals surface area contributed by atoms with Crippen LogP contribution in [-0.2, 0) is 0 Å². The Morgan fingerprint density at radius 3 is 1.73 bits per heavy atom. The summed E-state index contributed by atoms with van der Waals surface area (Å²) in [5.41, 5.74) is 0. The molecule has 0 aromatic rings. The van der Waals surface area contributed by atoms with E-state index >= 15 is 0 Å². The molecule has 0 aromatic heterocycles. The van der Waals surface area contributed by atoms with Gasteiger partial charge in [0.1, 0.15) is 0 Å². The van der Waals surface area contributed by atoms with Crippen LogP contribution in [0.15, 0.2) is 0 Å². The summed E-state index contributed by atoms with van der Waals surface area (Å²) in [7, 11) is 0. The van der Waals surface area contributed by atoms with E-state index in [9.17, 15) is 0 Å². The lowest BCUT2D eigenvalue weighted by molar-refractivity contribution is 0.984. The van der Waals surface area contributed by atoms with Crippen molar-refractivity contribution < 1.29 is 0 Å².